The van der Waals surface area contributed by atoms with E-state index in [-0.39, 0.29) is 18.3 Å². The summed E-state index contributed by atoms with van der Waals surface area (Å²) < 4.78 is 5.60. The Morgan fingerprint density at radius 3 is 2.26 bits per heavy atom. The van der Waals surface area contributed by atoms with Crippen LogP contribution in [0.5, 0.6) is 0 Å². The molecule has 0 saturated heterocycles. The summed E-state index contributed by atoms with van der Waals surface area (Å²) in [6.07, 6.45) is -1.61. The molecule has 0 heterocycles. The van der Waals surface area contributed by atoms with Crippen LogP contribution < -0.4 is 0 Å². The van der Waals surface area contributed by atoms with Gasteiger partial charge in [-0.3, -0.25) is 0 Å². The molecule has 4 rings (SSSR count). The number of methoxy groups -OCH3 is 1. The lowest BCUT2D eigenvalue weighted by atomic mass is 9.61. The molecule has 4 saturated carbocycles. The fourth-order valence-electron chi connectivity index (χ4n) is 7.57. The Balaban J connectivity index is 1.88. The molecule has 154 valence electrons. The molecule has 0 aromatic carbocycles. The standard InChI is InChI=1S/C21H34O6/c1-10-11-6-7-12-16(23)20(11,9-19(12,4)25)8-13(22)21(26)14(10)15(27-5)17(24)18(21,2)3/h11-17,22-26H,1,6-9H2,2-5H3/t11-,12+,13-,14+,15-,16+,17-,19+,20-,21+/m0/s1. The van der Waals surface area contributed by atoms with E-state index in [4.69, 9.17) is 4.74 Å². The molecule has 4 aliphatic rings. The van der Waals surface area contributed by atoms with Crippen LogP contribution in [0.1, 0.15) is 46.5 Å². The molecule has 6 heteroatoms. The molecule has 5 N–H and O–H groups in total. The van der Waals surface area contributed by atoms with E-state index in [1.165, 1.54) is 7.11 Å². The predicted octanol–water partition coefficient (Wildman–Crippen LogP) is 0.598. The zero-order chi connectivity index (χ0) is 20.2. The van der Waals surface area contributed by atoms with Crippen LogP contribution >= 0.6 is 0 Å². The minimum Gasteiger partial charge on any atom is -0.392 e. The van der Waals surface area contributed by atoms with Gasteiger partial charge < -0.3 is 30.3 Å². The van der Waals surface area contributed by atoms with Crippen LogP contribution in [0.15, 0.2) is 12.2 Å². The summed E-state index contributed by atoms with van der Waals surface area (Å²) >= 11 is 0. The highest BCUT2D eigenvalue weighted by molar-refractivity contribution is 5.33. The summed E-state index contributed by atoms with van der Waals surface area (Å²) in [6.45, 7) is 9.57. The van der Waals surface area contributed by atoms with Crippen LogP contribution in [-0.4, -0.2) is 68.3 Å². The predicted molar refractivity (Wildman–Crippen MR) is 98.7 cm³/mol. The Morgan fingerprint density at radius 1 is 1.04 bits per heavy atom. The summed E-state index contributed by atoms with van der Waals surface area (Å²) in [7, 11) is 1.50. The molecule has 0 aliphatic heterocycles. The van der Waals surface area contributed by atoms with Gasteiger partial charge in [-0.1, -0.05) is 26.0 Å². The van der Waals surface area contributed by atoms with Crippen LogP contribution in [0.4, 0.5) is 0 Å². The van der Waals surface area contributed by atoms with Gasteiger partial charge in [-0.2, -0.15) is 0 Å². The molecule has 0 amide bonds. The number of hydrogen-bond acceptors (Lipinski definition) is 6. The van der Waals surface area contributed by atoms with Crippen molar-refractivity contribution in [3.05, 3.63) is 12.2 Å². The van der Waals surface area contributed by atoms with Crippen molar-refractivity contribution in [2.75, 3.05) is 7.11 Å². The van der Waals surface area contributed by atoms with Crippen molar-refractivity contribution in [3.8, 4) is 0 Å². The summed E-state index contributed by atoms with van der Waals surface area (Å²) in [6, 6.07) is 0. The average Bonchev–Trinajstić information content (AvgIpc) is 2.76. The maximum Gasteiger partial charge on any atom is 0.107 e. The minimum atomic E-state index is -1.63. The lowest BCUT2D eigenvalue weighted by Gasteiger charge is -2.46. The lowest BCUT2D eigenvalue weighted by molar-refractivity contribution is -0.174. The SMILES string of the molecule is C=C1[C@@H]2[C@H](OC)[C@H](O)C(C)(C)[C@@]2(O)[C@@H](O)C[C@]23C[C@@](C)(O)[C@H](CC[C@@H]12)[C@H]3O. The van der Waals surface area contributed by atoms with Crippen molar-refractivity contribution in [2.24, 2.45) is 28.6 Å². The normalized spacial score (nSPS) is 59.3. The molecule has 0 radical (unpaired) electrons. The van der Waals surface area contributed by atoms with Crippen molar-refractivity contribution < 1.29 is 30.3 Å². The van der Waals surface area contributed by atoms with Gasteiger partial charge in [-0.25, -0.2) is 0 Å². The highest BCUT2D eigenvalue weighted by Crippen LogP contribution is 2.68. The fraction of sp³-hybridized carbons (Fsp3) is 0.905. The van der Waals surface area contributed by atoms with Gasteiger partial charge in [-0.15, -0.1) is 0 Å². The van der Waals surface area contributed by atoms with E-state index in [0.29, 0.717) is 12.8 Å². The van der Waals surface area contributed by atoms with E-state index < -0.39 is 52.4 Å². The Labute approximate surface area is 160 Å². The summed E-state index contributed by atoms with van der Waals surface area (Å²) in [5.41, 5.74) is -3.65. The minimum absolute atomic E-state index is 0.148. The fourth-order valence-corrected chi connectivity index (χ4v) is 7.57. The van der Waals surface area contributed by atoms with Crippen molar-refractivity contribution in [3.63, 3.8) is 0 Å². The lowest BCUT2D eigenvalue weighted by Crippen LogP contribution is -2.57. The third kappa shape index (κ3) is 2.07. The Kier molecular flexibility index (Phi) is 4.07. The number of fused-ring (bicyclic) bond motifs is 2. The van der Waals surface area contributed by atoms with Gasteiger partial charge >= 0.3 is 0 Å². The van der Waals surface area contributed by atoms with Crippen LogP contribution in [0.3, 0.4) is 0 Å². The Bertz CT molecular complexity index is 659. The summed E-state index contributed by atoms with van der Waals surface area (Å²) in [5, 5.41) is 56.1. The molecule has 27 heavy (non-hydrogen) atoms. The monoisotopic (exact) mass is 382 g/mol. The summed E-state index contributed by atoms with van der Waals surface area (Å²) in [5.74, 6) is -1.02. The van der Waals surface area contributed by atoms with Gasteiger partial charge in [0.15, 0.2) is 0 Å². The van der Waals surface area contributed by atoms with Crippen molar-refractivity contribution in [2.45, 2.75) is 82.1 Å². The largest absolute Gasteiger partial charge is 0.392 e. The highest BCUT2D eigenvalue weighted by atomic mass is 16.5. The maximum atomic E-state index is 11.8. The number of rotatable bonds is 1. The molecule has 1 spiro atoms. The molecule has 0 unspecified atom stereocenters. The Hall–Kier alpha value is -0.500. The van der Waals surface area contributed by atoms with Gasteiger partial charge in [0, 0.05) is 29.8 Å². The summed E-state index contributed by atoms with van der Waals surface area (Å²) in [4.78, 5) is 0. The zero-order valence-electron chi connectivity index (χ0n) is 16.7. The van der Waals surface area contributed by atoms with E-state index >= 15 is 0 Å². The smallest absolute Gasteiger partial charge is 0.107 e. The first-order chi connectivity index (χ1) is 12.4. The molecule has 2 bridgehead atoms. The van der Waals surface area contributed by atoms with Crippen LogP contribution in [0.25, 0.3) is 0 Å². The number of aliphatic hydroxyl groups is 5. The van der Waals surface area contributed by atoms with E-state index in [2.05, 4.69) is 6.58 Å². The second kappa shape index (κ2) is 5.55. The number of hydrogen-bond donors (Lipinski definition) is 5. The van der Waals surface area contributed by atoms with Crippen molar-refractivity contribution >= 4 is 0 Å². The topological polar surface area (TPSA) is 110 Å². The second-order valence-corrected chi connectivity index (χ2v) is 10.4. The zero-order valence-corrected chi connectivity index (χ0v) is 16.7. The van der Waals surface area contributed by atoms with E-state index in [9.17, 15) is 25.5 Å². The molecular formula is C21H34O6. The average molecular weight is 382 g/mol. The Morgan fingerprint density at radius 2 is 1.67 bits per heavy atom. The van der Waals surface area contributed by atoms with Crippen molar-refractivity contribution in [1.82, 2.24) is 0 Å². The van der Waals surface area contributed by atoms with Crippen LogP contribution in [0.2, 0.25) is 0 Å². The van der Waals surface area contributed by atoms with Gasteiger partial charge in [0.25, 0.3) is 0 Å². The molecule has 4 aliphatic carbocycles. The highest BCUT2D eigenvalue weighted by Gasteiger charge is 2.74. The molecule has 0 aromatic heterocycles. The van der Waals surface area contributed by atoms with E-state index in [1.54, 1.807) is 20.8 Å². The molecule has 10 atom stereocenters. The first-order valence-corrected chi connectivity index (χ1v) is 10.1. The first-order valence-electron chi connectivity index (χ1n) is 10.1. The van der Waals surface area contributed by atoms with Crippen LogP contribution in [-0.2, 0) is 4.74 Å². The number of ether oxygens (including phenoxy) is 1. The molecule has 6 nitrogen and oxygen atoms in total. The van der Waals surface area contributed by atoms with Gasteiger partial charge in [0.05, 0.1) is 30.0 Å². The molecule has 0 aromatic rings. The third-order valence-electron chi connectivity index (χ3n) is 9.00. The number of aliphatic hydroxyl groups excluding tert-OH is 3. The van der Waals surface area contributed by atoms with Gasteiger partial charge in [-0.05, 0) is 38.5 Å². The van der Waals surface area contributed by atoms with Gasteiger partial charge in [0.2, 0.25) is 0 Å². The van der Waals surface area contributed by atoms with E-state index in [1.807, 2.05) is 0 Å². The molecule has 4 fully saturated rings. The quantitative estimate of drug-likeness (QED) is 0.425. The molecular weight excluding hydrogens is 348 g/mol. The first kappa shape index (κ1) is 19.8. The van der Waals surface area contributed by atoms with Crippen LogP contribution in [0, 0.1) is 28.6 Å². The van der Waals surface area contributed by atoms with Crippen molar-refractivity contribution in [1.29, 1.82) is 0 Å². The third-order valence-corrected chi connectivity index (χ3v) is 9.00. The van der Waals surface area contributed by atoms with Gasteiger partial charge in [0.1, 0.15) is 5.60 Å². The second-order valence-electron chi connectivity index (χ2n) is 10.4. The van der Waals surface area contributed by atoms with E-state index in [0.717, 1.165) is 12.0 Å². The maximum absolute atomic E-state index is 11.8.